The number of hydrogen-bond donors (Lipinski definition) is 2. The molecule has 222 valence electrons. The molecule has 7 nitrogen and oxygen atoms in total. The Labute approximate surface area is 231 Å². The Morgan fingerprint density at radius 2 is 1.52 bits per heavy atom. The van der Waals surface area contributed by atoms with Gasteiger partial charge in [0.25, 0.3) is 5.91 Å². The van der Waals surface area contributed by atoms with Crippen LogP contribution in [0.25, 0.3) is 0 Å². The standard InChI is InChI=1S/C20H25F5N4O2.C7H8.CH4O/c1-27(2)19(31)18-15(21)7-12(8-16(18)22)26-13-10-29(11-13)14-3-5-28(6-4-14)17(30)9-20(23,24)25;1-7-5-3-2-4-6-7;1-2/h7-8,13-14,26H,3-6,9-11H2,1-2H3;2-6H,1H3;2H,1H3. The second-order valence-electron chi connectivity index (χ2n) is 9.87. The normalized spacial score (nSPS) is 16.1. The maximum atomic E-state index is 14.2. The first-order valence-electron chi connectivity index (χ1n) is 12.9. The number of rotatable bonds is 5. The van der Waals surface area contributed by atoms with Crippen LogP contribution in [0.15, 0.2) is 42.5 Å². The van der Waals surface area contributed by atoms with E-state index in [-0.39, 0.29) is 30.9 Å². The summed E-state index contributed by atoms with van der Waals surface area (Å²) >= 11 is 0. The third kappa shape index (κ3) is 9.74. The highest BCUT2D eigenvalue weighted by Gasteiger charge is 2.38. The molecule has 2 amide bonds. The number of aliphatic hydroxyl groups excluding tert-OH is 1. The fourth-order valence-electron chi connectivity index (χ4n) is 4.52. The predicted molar refractivity (Wildman–Crippen MR) is 143 cm³/mol. The van der Waals surface area contributed by atoms with E-state index in [0.29, 0.717) is 25.9 Å². The van der Waals surface area contributed by atoms with E-state index in [4.69, 9.17) is 5.11 Å². The number of aliphatic hydroxyl groups is 1. The van der Waals surface area contributed by atoms with Gasteiger partial charge in [0.1, 0.15) is 23.6 Å². The van der Waals surface area contributed by atoms with Crippen molar-refractivity contribution in [3.8, 4) is 0 Å². The molecule has 0 bridgehead atoms. The Morgan fingerprint density at radius 1 is 1.00 bits per heavy atom. The van der Waals surface area contributed by atoms with E-state index in [1.807, 2.05) is 18.2 Å². The summed E-state index contributed by atoms with van der Waals surface area (Å²) in [5.41, 5.74) is 0.961. The van der Waals surface area contributed by atoms with Crippen molar-refractivity contribution in [3.63, 3.8) is 0 Å². The summed E-state index contributed by atoms with van der Waals surface area (Å²) in [7, 11) is 3.82. The number of amides is 2. The second kappa shape index (κ2) is 14.9. The van der Waals surface area contributed by atoms with E-state index in [2.05, 4.69) is 29.3 Å². The number of anilines is 1. The lowest BCUT2D eigenvalue weighted by molar-refractivity contribution is -0.162. The van der Waals surface area contributed by atoms with Crippen LogP contribution in [-0.2, 0) is 4.79 Å². The topological polar surface area (TPSA) is 76.1 Å². The number of nitrogens with one attached hydrogen (secondary N) is 1. The number of carbonyl (C=O) groups is 2. The van der Waals surface area contributed by atoms with E-state index in [1.54, 1.807) is 0 Å². The lowest BCUT2D eigenvalue weighted by Gasteiger charge is -2.47. The van der Waals surface area contributed by atoms with Gasteiger partial charge in [0.2, 0.25) is 5.91 Å². The lowest BCUT2D eigenvalue weighted by atomic mass is 9.97. The predicted octanol–water partition coefficient (Wildman–Crippen LogP) is 4.31. The van der Waals surface area contributed by atoms with E-state index in [1.165, 1.54) is 24.6 Å². The van der Waals surface area contributed by atoms with Gasteiger partial charge in [0, 0.05) is 59.1 Å². The Kier molecular flexibility index (Phi) is 12.3. The molecule has 4 rings (SSSR count). The number of likely N-dealkylation sites (tertiary alicyclic amines) is 2. The van der Waals surface area contributed by atoms with Crippen molar-refractivity contribution in [3.05, 3.63) is 65.2 Å². The van der Waals surface area contributed by atoms with Gasteiger partial charge in [-0.1, -0.05) is 35.9 Å². The molecule has 2 aliphatic rings. The molecule has 0 atom stereocenters. The van der Waals surface area contributed by atoms with Crippen molar-refractivity contribution >= 4 is 17.5 Å². The number of alkyl halides is 3. The number of hydrogen-bond acceptors (Lipinski definition) is 5. The highest BCUT2D eigenvalue weighted by Crippen LogP contribution is 2.27. The van der Waals surface area contributed by atoms with Crippen LogP contribution in [0.3, 0.4) is 0 Å². The first kappa shape index (κ1) is 33.0. The number of benzene rings is 2. The molecular formula is C28H37F5N4O3. The van der Waals surface area contributed by atoms with E-state index >= 15 is 0 Å². The monoisotopic (exact) mass is 572 g/mol. The molecule has 2 heterocycles. The first-order chi connectivity index (χ1) is 18.8. The van der Waals surface area contributed by atoms with Crippen LogP contribution in [0.1, 0.15) is 35.2 Å². The van der Waals surface area contributed by atoms with Crippen molar-refractivity contribution in [2.75, 3.05) is 52.7 Å². The summed E-state index contributed by atoms with van der Waals surface area (Å²) in [5, 5.41) is 10.0. The van der Waals surface area contributed by atoms with E-state index in [9.17, 15) is 31.5 Å². The Morgan fingerprint density at radius 3 is 1.95 bits per heavy atom. The van der Waals surface area contributed by atoms with Crippen LogP contribution in [0, 0.1) is 18.6 Å². The molecule has 40 heavy (non-hydrogen) atoms. The average Bonchev–Trinajstić information content (AvgIpc) is 2.86. The zero-order valence-corrected chi connectivity index (χ0v) is 23.1. The van der Waals surface area contributed by atoms with Gasteiger partial charge >= 0.3 is 6.18 Å². The van der Waals surface area contributed by atoms with Crippen LogP contribution in [0.5, 0.6) is 0 Å². The lowest BCUT2D eigenvalue weighted by Crippen LogP contribution is -2.60. The summed E-state index contributed by atoms with van der Waals surface area (Å²) in [5.74, 6) is -3.52. The maximum Gasteiger partial charge on any atom is 0.397 e. The number of piperidine rings is 1. The fraction of sp³-hybridized carbons (Fsp3) is 0.500. The van der Waals surface area contributed by atoms with Gasteiger partial charge in [0.15, 0.2) is 0 Å². The summed E-state index contributed by atoms with van der Waals surface area (Å²) in [6.45, 7) is 3.88. The summed E-state index contributed by atoms with van der Waals surface area (Å²) < 4.78 is 65.6. The third-order valence-electron chi connectivity index (χ3n) is 6.57. The van der Waals surface area contributed by atoms with Crippen molar-refractivity contribution in [1.82, 2.24) is 14.7 Å². The first-order valence-corrected chi connectivity index (χ1v) is 12.9. The van der Waals surface area contributed by atoms with Gasteiger partial charge in [-0.15, -0.1) is 0 Å². The van der Waals surface area contributed by atoms with Gasteiger partial charge in [0.05, 0.1) is 6.04 Å². The molecule has 2 aromatic rings. The summed E-state index contributed by atoms with van der Waals surface area (Å²) in [4.78, 5) is 28.0. The molecule has 0 unspecified atom stereocenters. The zero-order valence-electron chi connectivity index (χ0n) is 23.1. The number of aryl methyl sites for hydroxylation is 1. The molecule has 0 aliphatic carbocycles. The Hall–Kier alpha value is -3.25. The van der Waals surface area contributed by atoms with Gasteiger partial charge in [-0.2, -0.15) is 13.2 Å². The fourth-order valence-corrected chi connectivity index (χ4v) is 4.52. The van der Waals surface area contributed by atoms with Gasteiger partial charge in [-0.25, -0.2) is 8.78 Å². The van der Waals surface area contributed by atoms with Crippen LogP contribution in [0.4, 0.5) is 27.6 Å². The minimum atomic E-state index is -4.50. The number of halogens is 5. The van der Waals surface area contributed by atoms with Crippen LogP contribution in [0.2, 0.25) is 0 Å². The molecule has 2 saturated heterocycles. The molecule has 0 radical (unpaired) electrons. The molecule has 0 saturated carbocycles. The molecule has 0 aromatic heterocycles. The third-order valence-corrected chi connectivity index (χ3v) is 6.57. The van der Waals surface area contributed by atoms with Crippen LogP contribution < -0.4 is 5.32 Å². The average molecular weight is 573 g/mol. The molecule has 2 aliphatic heterocycles. The Bertz CT molecular complexity index is 1080. The molecular weight excluding hydrogens is 535 g/mol. The van der Waals surface area contributed by atoms with Crippen molar-refractivity contribution in [2.45, 2.75) is 44.4 Å². The highest BCUT2D eigenvalue weighted by molar-refractivity contribution is 5.94. The second-order valence-corrected chi connectivity index (χ2v) is 9.87. The van der Waals surface area contributed by atoms with Crippen molar-refractivity contribution in [2.24, 2.45) is 0 Å². The maximum absolute atomic E-state index is 14.2. The highest BCUT2D eigenvalue weighted by atomic mass is 19.4. The molecule has 2 fully saturated rings. The van der Waals surface area contributed by atoms with Crippen LogP contribution in [-0.4, -0.2) is 97.3 Å². The largest absolute Gasteiger partial charge is 0.400 e. The summed E-state index contributed by atoms with van der Waals surface area (Å²) in [6, 6.07) is 12.6. The molecule has 12 heteroatoms. The molecule has 2 aromatic carbocycles. The van der Waals surface area contributed by atoms with Gasteiger partial charge < -0.3 is 20.2 Å². The Balaban J connectivity index is 0.000000534. The van der Waals surface area contributed by atoms with E-state index < -0.39 is 41.6 Å². The SMILES string of the molecule is CN(C)C(=O)c1c(F)cc(NC2CN(C3CCN(C(=O)CC(F)(F)F)CC3)C2)cc1F.CO.Cc1ccccc1. The molecule has 2 N–H and O–H groups in total. The minimum absolute atomic E-state index is 0.0425. The smallest absolute Gasteiger partial charge is 0.397 e. The molecule has 0 spiro atoms. The van der Waals surface area contributed by atoms with Crippen molar-refractivity contribution in [1.29, 1.82) is 0 Å². The van der Waals surface area contributed by atoms with E-state index in [0.717, 1.165) is 24.1 Å². The summed E-state index contributed by atoms with van der Waals surface area (Å²) in [6.07, 6.45) is -4.76. The quantitative estimate of drug-likeness (QED) is 0.523. The van der Waals surface area contributed by atoms with Crippen molar-refractivity contribution < 1.29 is 36.6 Å². The minimum Gasteiger partial charge on any atom is -0.400 e. The zero-order chi connectivity index (χ0) is 30.0. The number of nitrogens with zero attached hydrogens (tertiary/aromatic N) is 3. The number of carbonyl (C=O) groups excluding carboxylic acids is 2. The van der Waals surface area contributed by atoms with Gasteiger partial charge in [-0.05, 0) is 31.9 Å². The van der Waals surface area contributed by atoms with Crippen LogP contribution >= 0.6 is 0 Å². The van der Waals surface area contributed by atoms with Gasteiger partial charge in [-0.3, -0.25) is 14.5 Å².